The molecule has 2 aromatic heterocycles. The molecular formula is C64H76N6O6+2. The van der Waals surface area contributed by atoms with Gasteiger partial charge in [0, 0.05) is 34.4 Å². The molecule has 0 saturated heterocycles. The molecule has 6 aromatic carbocycles. The van der Waals surface area contributed by atoms with Crippen LogP contribution >= 0.6 is 0 Å². The molecule has 0 N–H and O–H groups in total. The van der Waals surface area contributed by atoms with Crippen LogP contribution in [0.5, 0.6) is 11.5 Å². The highest BCUT2D eigenvalue weighted by Gasteiger charge is 2.39. The number of para-hydroxylation sites is 6. The van der Waals surface area contributed by atoms with E-state index in [0.29, 0.717) is 24.2 Å². The summed E-state index contributed by atoms with van der Waals surface area (Å²) in [6.45, 7) is 27.8. The first-order valence-corrected chi connectivity index (χ1v) is 26.9. The quantitative estimate of drug-likeness (QED) is 0.0607. The molecule has 1 saturated carbocycles. The van der Waals surface area contributed by atoms with Crippen molar-refractivity contribution < 1.29 is 28.5 Å². The van der Waals surface area contributed by atoms with Gasteiger partial charge in [-0.15, -0.1) is 0 Å². The molecule has 12 nitrogen and oxygen atoms in total. The van der Waals surface area contributed by atoms with Crippen LogP contribution in [-0.2, 0) is 48.0 Å². The molecule has 0 unspecified atom stereocenters. The van der Waals surface area contributed by atoms with E-state index in [0.717, 1.165) is 81.5 Å². The Morgan fingerprint density at radius 3 is 1.20 bits per heavy atom. The number of aromatic nitrogens is 4. The summed E-state index contributed by atoms with van der Waals surface area (Å²) >= 11 is 0. The first-order chi connectivity index (χ1) is 35.9. The Bertz CT molecular complexity index is 3240. The summed E-state index contributed by atoms with van der Waals surface area (Å²) in [5, 5.41) is 24.3. The fourth-order valence-electron chi connectivity index (χ4n) is 11.1. The normalized spacial score (nSPS) is 15.6. The Morgan fingerprint density at radius 1 is 0.487 bits per heavy atom. The number of fused-ring (bicyclic) bond motifs is 2. The first-order valence-electron chi connectivity index (χ1n) is 26.9. The molecule has 8 aromatic rings. The van der Waals surface area contributed by atoms with E-state index in [1.54, 1.807) is 24.3 Å². The van der Waals surface area contributed by atoms with Crippen LogP contribution in [0.15, 0.2) is 134 Å². The van der Waals surface area contributed by atoms with Gasteiger partial charge in [-0.05, 0) is 107 Å². The van der Waals surface area contributed by atoms with Crippen LogP contribution in [0.4, 0.5) is 11.4 Å². The molecule has 0 aliphatic heterocycles. The zero-order valence-corrected chi connectivity index (χ0v) is 46.6. The van der Waals surface area contributed by atoms with Crippen molar-refractivity contribution in [3.8, 4) is 11.5 Å². The number of hydrogen-bond acceptors (Lipinski definition) is 6. The average Bonchev–Trinajstić information content (AvgIpc) is 3.92. The lowest BCUT2D eigenvalue weighted by Gasteiger charge is -2.29. The fraction of sp³-hybridized carbons (Fsp3) is 0.406. The topological polar surface area (TPSA) is 122 Å². The molecule has 1 fully saturated rings. The summed E-state index contributed by atoms with van der Waals surface area (Å²) in [6.07, 6.45) is 8.84. The van der Waals surface area contributed by atoms with Crippen molar-refractivity contribution in [1.82, 2.24) is 9.13 Å². The largest absolute Gasteiger partial charge is 0.488 e. The highest BCUT2D eigenvalue weighted by molar-refractivity contribution is 5.73. The number of nitrogens with zero attached hydrogens (tertiary/aromatic N) is 6. The second-order valence-corrected chi connectivity index (χ2v) is 25.1. The zero-order chi connectivity index (χ0) is 54.5. The van der Waals surface area contributed by atoms with E-state index in [1.807, 2.05) is 12.1 Å². The van der Waals surface area contributed by atoms with Crippen molar-refractivity contribution in [2.24, 2.45) is 0 Å². The van der Waals surface area contributed by atoms with Crippen LogP contribution in [0.3, 0.4) is 0 Å². The number of hydrogen-bond donors (Lipinski definition) is 0. The van der Waals surface area contributed by atoms with Crippen LogP contribution in [0.1, 0.15) is 165 Å². The second kappa shape index (κ2) is 20.7. The van der Waals surface area contributed by atoms with Gasteiger partial charge in [-0.25, -0.2) is 18.3 Å². The van der Waals surface area contributed by atoms with Gasteiger partial charge in [0.05, 0.1) is 21.0 Å². The van der Waals surface area contributed by atoms with Crippen LogP contribution in [0.25, 0.3) is 22.1 Å². The number of rotatable bonds is 14. The van der Waals surface area contributed by atoms with Crippen molar-refractivity contribution in [2.45, 2.75) is 169 Å². The highest BCUT2D eigenvalue weighted by Crippen LogP contribution is 2.44. The summed E-state index contributed by atoms with van der Waals surface area (Å²) in [4.78, 5) is 23.6. The summed E-state index contributed by atoms with van der Waals surface area (Å²) in [6, 6.07) is 40.4. The standard InChI is InChI=1S/C64H76N6O6/c1-61(2,3)47-33-45(59(49(35-47)63(7,8)9)75-39-43-23-13-15-25-51(43)69(71)72)37-65-41-67(55-29-19-17-27-53(55)65)57-31-21-22-32-58(57)68-42-66(54-28-18-20-30-56(54)68)38-46-34-48(62(4,5)6)36-50(64(10,11)12)60(46)76-40-44-24-14-16-26-52(44)70(73)74/h13-20,23-30,33-36,41-42,57-58H,21-22,31-32,37-40H2,1-12H3/q+2/t57-,58-/m1/s1. The maximum atomic E-state index is 12.1. The fourth-order valence-corrected chi connectivity index (χ4v) is 11.1. The third-order valence-corrected chi connectivity index (χ3v) is 15.4. The van der Waals surface area contributed by atoms with Crippen LogP contribution < -0.4 is 18.6 Å². The third kappa shape index (κ3) is 11.0. The van der Waals surface area contributed by atoms with Crippen LogP contribution in [0, 0.1) is 20.2 Å². The van der Waals surface area contributed by atoms with Crippen molar-refractivity contribution in [2.75, 3.05) is 0 Å². The van der Waals surface area contributed by atoms with Gasteiger partial charge in [-0.1, -0.05) is 144 Å². The molecule has 0 spiro atoms. The van der Waals surface area contributed by atoms with Crippen LogP contribution in [0.2, 0.25) is 0 Å². The number of nitro groups is 2. The van der Waals surface area contributed by atoms with Gasteiger partial charge in [-0.2, -0.15) is 0 Å². The van der Waals surface area contributed by atoms with Gasteiger partial charge in [0.25, 0.3) is 11.4 Å². The molecule has 396 valence electrons. The van der Waals surface area contributed by atoms with E-state index in [4.69, 9.17) is 9.47 Å². The van der Waals surface area contributed by atoms with E-state index >= 15 is 0 Å². The third-order valence-electron chi connectivity index (χ3n) is 15.4. The number of imidazole rings is 2. The minimum atomic E-state index is -0.335. The second-order valence-electron chi connectivity index (χ2n) is 25.1. The highest BCUT2D eigenvalue weighted by atomic mass is 16.6. The maximum Gasteiger partial charge on any atom is 0.276 e. The minimum absolute atomic E-state index is 0.0465. The van der Waals surface area contributed by atoms with Gasteiger partial charge in [0.2, 0.25) is 12.7 Å². The molecule has 0 bridgehead atoms. The molecule has 76 heavy (non-hydrogen) atoms. The Kier molecular flexibility index (Phi) is 14.5. The van der Waals surface area contributed by atoms with E-state index in [-0.39, 0.29) is 68.2 Å². The average molecular weight is 1030 g/mol. The lowest BCUT2D eigenvalue weighted by Crippen LogP contribution is -2.35. The van der Waals surface area contributed by atoms with Gasteiger partial charge >= 0.3 is 0 Å². The SMILES string of the molecule is CC(C)(C)c1cc(C[n+]2cn([C@@H]3CCCC[C@H]3n3c[n+](Cc4cc(C(C)(C)C)cc(C(C)(C)C)c4OCc4ccccc4[N+](=O)[O-])c4ccccc43)c3ccccc32)c(OCc2ccccc2[N+](=O)[O-])c(C(C)(C)C)c1. The number of benzene rings is 6. The van der Waals surface area contributed by atoms with Crippen molar-refractivity contribution in [1.29, 1.82) is 0 Å². The summed E-state index contributed by atoms with van der Waals surface area (Å²) < 4.78 is 23.4. The molecule has 1 aliphatic rings. The molecular weight excluding hydrogens is 949 g/mol. The number of nitro benzene ring substituents is 2. The molecule has 2 atom stereocenters. The predicted octanol–water partition coefficient (Wildman–Crippen LogP) is 14.8. The van der Waals surface area contributed by atoms with Crippen LogP contribution in [-0.4, -0.2) is 19.0 Å². The molecule has 0 amide bonds. The maximum absolute atomic E-state index is 12.1. The Balaban J connectivity index is 1.14. The smallest absolute Gasteiger partial charge is 0.276 e. The van der Waals surface area contributed by atoms with Gasteiger partial charge in [0.15, 0.2) is 22.1 Å². The van der Waals surface area contributed by atoms with Gasteiger partial charge in [0.1, 0.15) is 49.9 Å². The lowest BCUT2D eigenvalue weighted by atomic mass is 9.79. The van der Waals surface area contributed by atoms with E-state index in [1.165, 1.54) is 23.3 Å². The van der Waals surface area contributed by atoms with E-state index in [9.17, 15) is 20.2 Å². The summed E-state index contributed by atoms with van der Waals surface area (Å²) in [7, 11) is 0. The molecule has 1 aliphatic carbocycles. The minimum Gasteiger partial charge on any atom is -0.488 e. The van der Waals surface area contributed by atoms with Crippen molar-refractivity contribution in [3.63, 3.8) is 0 Å². The van der Waals surface area contributed by atoms with Gasteiger partial charge in [-0.3, -0.25) is 20.2 Å². The Hall–Kier alpha value is -7.34. The monoisotopic (exact) mass is 1020 g/mol. The zero-order valence-electron chi connectivity index (χ0n) is 46.6. The Labute approximate surface area is 448 Å². The first kappa shape index (κ1) is 53.5. The van der Waals surface area contributed by atoms with Crippen molar-refractivity contribution in [3.05, 3.63) is 199 Å². The molecule has 0 radical (unpaired) electrons. The lowest BCUT2D eigenvalue weighted by molar-refractivity contribution is -0.664. The van der Waals surface area contributed by atoms with E-state index < -0.39 is 0 Å². The summed E-state index contributed by atoms with van der Waals surface area (Å²) in [5.41, 5.74) is 11.4. The summed E-state index contributed by atoms with van der Waals surface area (Å²) in [5.74, 6) is 1.53. The Morgan fingerprint density at radius 2 is 0.842 bits per heavy atom. The molecule has 2 heterocycles. The van der Waals surface area contributed by atoms with Crippen molar-refractivity contribution >= 4 is 33.4 Å². The van der Waals surface area contributed by atoms with E-state index in [2.05, 4.69) is 187 Å². The predicted molar refractivity (Wildman–Crippen MR) is 302 cm³/mol. The molecule has 9 rings (SSSR count). The number of ether oxygens (including phenoxy) is 2. The molecule has 12 heteroatoms. The van der Waals surface area contributed by atoms with Gasteiger partial charge < -0.3 is 9.47 Å².